The minimum Gasteiger partial charge on any atom is -0.363 e. The molecule has 0 aliphatic rings. The SMILES string of the molecule is CC(C)(CCl)c1nnc(C(N)=O)s1. The van der Waals surface area contributed by atoms with Crippen LogP contribution < -0.4 is 5.73 Å². The number of aromatic nitrogens is 2. The average Bonchev–Trinajstić information content (AvgIpc) is 2.52. The second-order valence-electron chi connectivity index (χ2n) is 3.29. The average molecular weight is 220 g/mol. The van der Waals surface area contributed by atoms with Crippen LogP contribution in [0.4, 0.5) is 0 Å². The third-order valence-electron chi connectivity index (χ3n) is 1.55. The van der Waals surface area contributed by atoms with Gasteiger partial charge in [0.1, 0.15) is 5.01 Å². The van der Waals surface area contributed by atoms with Crippen molar-refractivity contribution in [1.82, 2.24) is 10.2 Å². The van der Waals surface area contributed by atoms with Gasteiger partial charge in [-0.3, -0.25) is 4.79 Å². The van der Waals surface area contributed by atoms with E-state index in [1.165, 1.54) is 11.3 Å². The molecule has 0 saturated carbocycles. The maximum atomic E-state index is 10.7. The van der Waals surface area contributed by atoms with Gasteiger partial charge in [-0.05, 0) is 0 Å². The normalized spacial score (nSPS) is 11.6. The molecule has 1 rings (SSSR count). The van der Waals surface area contributed by atoms with Crippen molar-refractivity contribution in [2.75, 3.05) is 5.88 Å². The van der Waals surface area contributed by atoms with Crippen LogP contribution in [-0.4, -0.2) is 22.0 Å². The fourth-order valence-electron chi connectivity index (χ4n) is 0.653. The van der Waals surface area contributed by atoms with Crippen molar-refractivity contribution in [3.63, 3.8) is 0 Å². The summed E-state index contributed by atoms with van der Waals surface area (Å²) in [5, 5.41) is 8.49. The summed E-state index contributed by atoms with van der Waals surface area (Å²) in [6.45, 7) is 3.87. The van der Waals surface area contributed by atoms with Crippen LogP contribution in [0.15, 0.2) is 0 Å². The molecule has 1 aromatic rings. The molecule has 0 spiro atoms. The molecule has 0 bridgehead atoms. The second kappa shape index (κ2) is 3.59. The van der Waals surface area contributed by atoms with Gasteiger partial charge in [0, 0.05) is 11.3 Å². The van der Waals surface area contributed by atoms with Gasteiger partial charge in [-0.15, -0.1) is 21.8 Å². The van der Waals surface area contributed by atoms with E-state index in [2.05, 4.69) is 10.2 Å². The van der Waals surface area contributed by atoms with Gasteiger partial charge >= 0.3 is 0 Å². The van der Waals surface area contributed by atoms with Gasteiger partial charge in [0.25, 0.3) is 5.91 Å². The van der Waals surface area contributed by atoms with Crippen molar-refractivity contribution in [2.45, 2.75) is 19.3 Å². The number of carbonyl (C=O) groups excluding carboxylic acids is 1. The van der Waals surface area contributed by atoms with Gasteiger partial charge in [-0.25, -0.2) is 0 Å². The number of hydrogen-bond donors (Lipinski definition) is 1. The maximum absolute atomic E-state index is 10.7. The van der Waals surface area contributed by atoms with E-state index in [0.29, 0.717) is 5.88 Å². The molecule has 0 unspecified atom stereocenters. The lowest BCUT2D eigenvalue weighted by atomic mass is 9.98. The monoisotopic (exact) mass is 219 g/mol. The molecule has 0 atom stereocenters. The number of primary amides is 1. The van der Waals surface area contributed by atoms with E-state index in [9.17, 15) is 4.79 Å². The molecule has 2 N–H and O–H groups in total. The molecule has 13 heavy (non-hydrogen) atoms. The Bertz CT molecular complexity index is 323. The summed E-state index contributed by atoms with van der Waals surface area (Å²) in [5.41, 5.74) is 4.79. The van der Waals surface area contributed by atoms with E-state index in [-0.39, 0.29) is 10.4 Å². The highest BCUT2D eigenvalue weighted by Crippen LogP contribution is 2.27. The molecule has 6 heteroatoms. The number of hydrogen-bond acceptors (Lipinski definition) is 4. The van der Waals surface area contributed by atoms with Crippen LogP contribution in [0.2, 0.25) is 0 Å². The third kappa shape index (κ3) is 2.16. The predicted molar refractivity (Wildman–Crippen MR) is 52.2 cm³/mol. The summed E-state index contributed by atoms with van der Waals surface area (Å²) in [7, 11) is 0. The number of nitrogens with two attached hydrogens (primary N) is 1. The molecule has 1 heterocycles. The maximum Gasteiger partial charge on any atom is 0.279 e. The Labute approximate surface area is 85.1 Å². The van der Waals surface area contributed by atoms with Gasteiger partial charge in [0.05, 0.1) is 0 Å². The number of rotatable bonds is 3. The fourth-order valence-corrected chi connectivity index (χ4v) is 1.65. The molecule has 1 amide bonds. The van der Waals surface area contributed by atoms with Crippen molar-refractivity contribution >= 4 is 28.8 Å². The first-order valence-corrected chi connectivity index (χ1v) is 5.02. The fraction of sp³-hybridized carbons (Fsp3) is 0.571. The standard InChI is InChI=1S/C7H10ClN3OS/c1-7(2,3-8)6-11-10-5(13-6)4(9)12/h3H2,1-2H3,(H2,9,12). The van der Waals surface area contributed by atoms with Crippen LogP contribution in [0.3, 0.4) is 0 Å². The molecule has 4 nitrogen and oxygen atoms in total. The van der Waals surface area contributed by atoms with Crippen molar-refractivity contribution in [3.8, 4) is 0 Å². The van der Waals surface area contributed by atoms with E-state index in [4.69, 9.17) is 17.3 Å². The Morgan fingerprint density at radius 2 is 2.23 bits per heavy atom. The summed E-state index contributed by atoms with van der Waals surface area (Å²) in [6, 6.07) is 0. The first kappa shape index (κ1) is 10.4. The number of carbonyl (C=O) groups is 1. The van der Waals surface area contributed by atoms with Crippen molar-refractivity contribution in [1.29, 1.82) is 0 Å². The Balaban J connectivity index is 2.98. The molecule has 0 aromatic carbocycles. The Morgan fingerprint density at radius 1 is 1.62 bits per heavy atom. The summed E-state index contributed by atoms with van der Waals surface area (Å²) in [6.07, 6.45) is 0. The van der Waals surface area contributed by atoms with E-state index in [1.807, 2.05) is 13.8 Å². The summed E-state index contributed by atoms with van der Waals surface area (Å²) in [4.78, 5) is 10.7. The van der Waals surface area contributed by atoms with Crippen molar-refractivity contribution < 1.29 is 4.79 Å². The van der Waals surface area contributed by atoms with E-state index >= 15 is 0 Å². The van der Waals surface area contributed by atoms with Gasteiger partial charge in [-0.1, -0.05) is 25.2 Å². The zero-order valence-corrected chi connectivity index (χ0v) is 8.95. The zero-order chi connectivity index (χ0) is 10.1. The number of amides is 1. The number of nitrogens with zero attached hydrogens (tertiary/aromatic N) is 2. The number of halogens is 1. The third-order valence-corrected chi connectivity index (χ3v) is 3.52. The minimum atomic E-state index is -0.547. The van der Waals surface area contributed by atoms with Crippen LogP contribution in [0.1, 0.15) is 28.7 Å². The first-order chi connectivity index (χ1) is 5.97. The largest absolute Gasteiger partial charge is 0.363 e. The highest BCUT2D eigenvalue weighted by molar-refractivity contribution is 7.13. The Hall–Kier alpha value is -0.680. The quantitative estimate of drug-likeness (QED) is 0.776. The zero-order valence-electron chi connectivity index (χ0n) is 7.37. The molecular weight excluding hydrogens is 210 g/mol. The smallest absolute Gasteiger partial charge is 0.279 e. The Morgan fingerprint density at radius 3 is 2.62 bits per heavy atom. The Kier molecular flexibility index (Phi) is 2.87. The highest BCUT2D eigenvalue weighted by atomic mass is 35.5. The summed E-state index contributed by atoms with van der Waals surface area (Å²) in [5.74, 6) is -0.116. The lowest BCUT2D eigenvalue weighted by Gasteiger charge is -2.16. The van der Waals surface area contributed by atoms with E-state index in [0.717, 1.165) is 5.01 Å². The molecule has 0 saturated heterocycles. The minimum absolute atomic E-state index is 0.230. The van der Waals surface area contributed by atoms with E-state index in [1.54, 1.807) is 0 Å². The van der Waals surface area contributed by atoms with Gasteiger partial charge < -0.3 is 5.73 Å². The molecule has 0 fully saturated rings. The summed E-state index contributed by atoms with van der Waals surface area (Å²) >= 11 is 6.93. The first-order valence-electron chi connectivity index (χ1n) is 3.67. The number of alkyl halides is 1. The lowest BCUT2D eigenvalue weighted by Crippen LogP contribution is -2.18. The van der Waals surface area contributed by atoms with Crippen LogP contribution in [0, 0.1) is 0 Å². The van der Waals surface area contributed by atoms with Crippen molar-refractivity contribution in [2.24, 2.45) is 5.73 Å². The topological polar surface area (TPSA) is 68.9 Å². The van der Waals surface area contributed by atoms with Gasteiger partial charge in [0.2, 0.25) is 5.01 Å². The summed E-state index contributed by atoms with van der Waals surface area (Å²) < 4.78 is 0. The molecule has 1 aromatic heterocycles. The van der Waals surface area contributed by atoms with Gasteiger partial charge in [-0.2, -0.15) is 0 Å². The van der Waals surface area contributed by atoms with Gasteiger partial charge in [0.15, 0.2) is 0 Å². The lowest BCUT2D eigenvalue weighted by molar-refractivity contribution is 0.0999. The van der Waals surface area contributed by atoms with Crippen LogP contribution in [-0.2, 0) is 5.41 Å². The van der Waals surface area contributed by atoms with Crippen LogP contribution in [0.25, 0.3) is 0 Å². The molecule has 0 aliphatic heterocycles. The highest BCUT2D eigenvalue weighted by Gasteiger charge is 2.25. The van der Waals surface area contributed by atoms with Crippen LogP contribution >= 0.6 is 22.9 Å². The molecule has 0 aliphatic carbocycles. The molecule has 72 valence electrons. The van der Waals surface area contributed by atoms with Crippen LogP contribution in [0.5, 0.6) is 0 Å². The molecular formula is C7H10ClN3OS. The van der Waals surface area contributed by atoms with E-state index < -0.39 is 5.91 Å². The second-order valence-corrected chi connectivity index (χ2v) is 4.54. The van der Waals surface area contributed by atoms with Crippen molar-refractivity contribution in [3.05, 3.63) is 10.0 Å². The predicted octanol–water partition coefficient (Wildman–Crippen LogP) is 1.15. The molecule has 0 radical (unpaired) electrons.